The molecule has 1 aromatic heterocycles. The number of anilines is 2. The number of pyridine rings is 1. The molecule has 1 aromatic carbocycles. The van der Waals surface area contributed by atoms with Crippen LogP contribution in [-0.4, -0.2) is 37.2 Å². The van der Waals surface area contributed by atoms with E-state index >= 15 is 0 Å². The van der Waals surface area contributed by atoms with Gasteiger partial charge in [-0.2, -0.15) is 0 Å². The van der Waals surface area contributed by atoms with Crippen molar-refractivity contribution in [1.82, 2.24) is 4.98 Å². The van der Waals surface area contributed by atoms with Crippen LogP contribution in [0.5, 0.6) is 0 Å². The number of nitrogens with zero attached hydrogens (tertiary/aromatic N) is 2. The second kappa shape index (κ2) is 7.70. The van der Waals surface area contributed by atoms with E-state index in [2.05, 4.69) is 22.4 Å². The number of carbonyl (C=O) groups is 1. The van der Waals surface area contributed by atoms with Crippen LogP contribution >= 0.6 is 0 Å². The average Bonchev–Trinajstić information content (AvgIpc) is 3.13. The maximum Gasteiger partial charge on any atom is 0.262 e. The summed E-state index contributed by atoms with van der Waals surface area (Å²) in [6.07, 6.45) is 6.71. The van der Waals surface area contributed by atoms with E-state index in [1.54, 1.807) is 6.20 Å². The van der Waals surface area contributed by atoms with Gasteiger partial charge in [0, 0.05) is 25.0 Å². The zero-order valence-corrected chi connectivity index (χ0v) is 14.8. The van der Waals surface area contributed by atoms with Crippen LogP contribution in [0.1, 0.15) is 28.8 Å². The standard InChI is InChI=1S/C21H23N3O2/c25-21(24-13-8-17-4-1-2-6-19(17)24)18-5-3-11-22-20(18)23-12-7-16-9-14-26-15-10-16/h1-6,9,11H,7-8,10,12-15H2,(H,22,23). The smallest absolute Gasteiger partial charge is 0.262 e. The van der Waals surface area contributed by atoms with Crippen molar-refractivity contribution in [3.63, 3.8) is 0 Å². The van der Waals surface area contributed by atoms with Crippen LogP contribution in [0.2, 0.25) is 0 Å². The first-order chi connectivity index (χ1) is 12.8. The lowest BCUT2D eigenvalue weighted by molar-refractivity contribution is 0.0990. The Morgan fingerprint density at radius 3 is 3.00 bits per heavy atom. The highest BCUT2D eigenvalue weighted by molar-refractivity contribution is 6.10. The SMILES string of the molecule is O=C(c1cccnc1NCCC1=CCOCC1)N1CCc2ccccc21. The number of carbonyl (C=O) groups excluding carboxylic acids is 1. The third kappa shape index (κ3) is 3.48. The summed E-state index contributed by atoms with van der Waals surface area (Å²) in [5.74, 6) is 0.672. The molecule has 0 atom stereocenters. The van der Waals surface area contributed by atoms with E-state index in [1.165, 1.54) is 11.1 Å². The first-order valence-corrected chi connectivity index (χ1v) is 9.17. The molecule has 0 aliphatic carbocycles. The third-order valence-electron chi connectivity index (χ3n) is 4.97. The third-order valence-corrected chi connectivity index (χ3v) is 4.97. The van der Waals surface area contributed by atoms with E-state index in [9.17, 15) is 4.79 Å². The normalized spacial score (nSPS) is 16.2. The zero-order valence-electron chi connectivity index (χ0n) is 14.8. The van der Waals surface area contributed by atoms with Crippen molar-refractivity contribution in [2.75, 3.05) is 36.5 Å². The molecule has 2 aliphatic heterocycles. The summed E-state index contributed by atoms with van der Waals surface area (Å²) in [6, 6.07) is 11.8. The molecule has 0 fully saturated rings. The first-order valence-electron chi connectivity index (χ1n) is 9.17. The Morgan fingerprint density at radius 1 is 1.19 bits per heavy atom. The Hall–Kier alpha value is -2.66. The van der Waals surface area contributed by atoms with Crippen LogP contribution in [-0.2, 0) is 11.2 Å². The van der Waals surface area contributed by atoms with E-state index in [0.29, 0.717) is 18.0 Å². The summed E-state index contributed by atoms with van der Waals surface area (Å²) in [7, 11) is 0. The predicted molar refractivity (Wildman–Crippen MR) is 103 cm³/mol. The largest absolute Gasteiger partial charge is 0.377 e. The van der Waals surface area contributed by atoms with Gasteiger partial charge in [0.1, 0.15) is 5.82 Å². The van der Waals surface area contributed by atoms with Gasteiger partial charge in [-0.3, -0.25) is 4.79 Å². The van der Waals surface area contributed by atoms with Crippen molar-refractivity contribution < 1.29 is 9.53 Å². The van der Waals surface area contributed by atoms with E-state index in [4.69, 9.17) is 4.74 Å². The Bertz CT molecular complexity index is 832. The quantitative estimate of drug-likeness (QED) is 0.840. The summed E-state index contributed by atoms with van der Waals surface area (Å²) in [4.78, 5) is 19.4. The molecule has 26 heavy (non-hydrogen) atoms. The maximum atomic E-state index is 13.1. The molecule has 0 radical (unpaired) electrons. The minimum Gasteiger partial charge on any atom is -0.377 e. The van der Waals surface area contributed by atoms with Gasteiger partial charge in [0.05, 0.1) is 18.8 Å². The van der Waals surface area contributed by atoms with Crippen LogP contribution in [0.4, 0.5) is 11.5 Å². The summed E-state index contributed by atoms with van der Waals surface area (Å²) < 4.78 is 5.34. The van der Waals surface area contributed by atoms with Gasteiger partial charge in [0.2, 0.25) is 0 Å². The number of hydrogen-bond acceptors (Lipinski definition) is 4. The fraction of sp³-hybridized carbons (Fsp3) is 0.333. The van der Waals surface area contributed by atoms with Crippen LogP contribution < -0.4 is 10.2 Å². The highest BCUT2D eigenvalue weighted by Gasteiger charge is 2.26. The van der Waals surface area contributed by atoms with Crippen LogP contribution in [0.3, 0.4) is 0 Å². The number of fused-ring (bicyclic) bond motifs is 1. The van der Waals surface area contributed by atoms with Crippen LogP contribution in [0.25, 0.3) is 0 Å². The van der Waals surface area contributed by atoms with Crippen molar-refractivity contribution in [3.05, 3.63) is 65.4 Å². The molecule has 0 spiro atoms. The van der Waals surface area contributed by atoms with E-state index in [0.717, 1.165) is 44.6 Å². The number of benzene rings is 1. The van der Waals surface area contributed by atoms with Gasteiger partial charge >= 0.3 is 0 Å². The second-order valence-electron chi connectivity index (χ2n) is 6.60. The van der Waals surface area contributed by atoms with Gasteiger partial charge in [-0.15, -0.1) is 0 Å². The molecule has 2 aromatic rings. The fourth-order valence-corrected chi connectivity index (χ4v) is 3.55. The molecule has 2 aliphatic rings. The number of nitrogens with one attached hydrogen (secondary N) is 1. The summed E-state index contributed by atoms with van der Waals surface area (Å²) >= 11 is 0. The van der Waals surface area contributed by atoms with Gasteiger partial charge in [0.25, 0.3) is 5.91 Å². The van der Waals surface area contributed by atoms with E-state index < -0.39 is 0 Å². The first kappa shape index (κ1) is 16.8. The highest BCUT2D eigenvalue weighted by atomic mass is 16.5. The molecule has 0 saturated heterocycles. The number of hydrogen-bond donors (Lipinski definition) is 1. The molecule has 4 rings (SSSR count). The summed E-state index contributed by atoms with van der Waals surface area (Å²) in [5.41, 5.74) is 4.27. The lowest BCUT2D eigenvalue weighted by Crippen LogP contribution is -2.30. The predicted octanol–water partition coefficient (Wildman–Crippen LogP) is 3.43. The fourth-order valence-electron chi connectivity index (χ4n) is 3.55. The van der Waals surface area contributed by atoms with Gasteiger partial charge in [-0.1, -0.05) is 29.8 Å². The van der Waals surface area contributed by atoms with Gasteiger partial charge < -0.3 is 15.0 Å². The molecule has 5 nitrogen and oxygen atoms in total. The monoisotopic (exact) mass is 349 g/mol. The molecule has 5 heteroatoms. The molecule has 0 saturated carbocycles. The minimum atomic E-state index is 0.0100. The Kier molecular flexibility index (Phi) is 4.97. The molecule has 0 bridgehead atoms. The lowest BCUT2D eigenvalue weighted by Gasteiger charge is -2.19. The van der Waals surface area contributed by atoms with Crippen molar-refractivity contribution in [2.45, 2.75) is 19.3 Å². The Balaban J connectivity index is 1.47. The Labute approximate surface area is 153 Å². The van der Waals surface area contributed by atoms with Crippen molar-refractivity contribution in [3.8, 4) is 0 Å². The molecule has 0 unspecified atom stereocenters. The summed E-state index contributed by atoms with van der Waals surface area (Å²) in [5, 5.41) is 3.35. The topological polar surface area (TPSA) is 54.5 Å². The number of rotatable bonds is 5. The number of para-hydroxylation sites is 1. The maximum absolute atomic E-state index is 13.1. The summed E-state index contributed by atoms with van der Waals surface area (Å²) in [6.45, 7) is 2.99. The number of ether oxygens (including phenoxy) is 1. The number of aromatic nitrogens is 1. The number of amides is 1. The molecule has 1 N–H and O–H groups in total. The lowest BCUT2D eigenvalue weighted by atomic mass is 10.1. The van der Waals surface area contributed by atoms with Gasteiger partial charge in [-0.25, -0.2) is 4.98 Å². The molecular formula is C21H23N3O2. The van der Waals surface area contributed by atoms with Crippen LogP contribution in [0, 0.1) is 0 Å². The minimum absolute atomic E-state index is 0.0100. The molecular weight excluding hydrogens is 326 g/mol. The van der Waals surface area contributed by atoms with Crippen LogP contribution in [0.15, 0.2) is 54.2 Å². The van der Waals surface area contributed by atoms with Crippen molar-refractivity contribution >= 4 is 17.4 Å². The average molecular weight is 349 g/mol. The highest BCUT2D eigenvalue weighted by Crippen LogP contribution is 2.30. The zero-order chi connectivity index (χ0) is 17.8. The van der Waals surface area contributed by atoms with Crippen molar-refractivity contribution in [1.29, 1.82) is 0 Å². The van der Waals surface area contributed by atoms with Gasteiger partial charge in [-0.05, 0) is 43.0 Å². The second-order valence-corrected chi connectivity index (χ2v) is 6.60. The van der Waals surface area contributed by atoms with E-state index in [-0.39, 0.29) is 5.91 Å². The van der Waals surface area contributed by atoms with E-state index in [1.807, 2.05) is 35.2 Å². The molecule has 1 amide bonds. The van der Waals surface area contributed by atoms with Crippen molar-refractivity contribution in [2.24, 2.45) is 0 Å². The Morgan fingerprint density at radius 2 is 2.12 bits per heavy atom. The van der Waals surface area contributed by atoms with Gasteiger partial charge in [0.15, 0.2) is 0 Å². The molecule has 3 heterocycles. The molecule has 134 valence electrons.